The summed E-state index contributed by atoms with van der Waals surface area (Å²) in [5.41, 5.74) is 0.100. The summed E-state index contributed by atoms with van der Waals surface area (Å²) in [6.45, 7) is 5.30. The maximum Gasteiger partial charge on any atom is 0.167 e. The van der Waals surface area contributed by atoms with Crippen LogP contribution in [0, 0.1) is 0 Å². The third kappa shape index (κ3) is 3.53. The number of pyridine rings is 1. The fourth-order valence-corrected chi connectivity index (χ4v) is 1.57. The predicted octanol–water partition coefficient (Wildman–Crippen LogP) is 2.74. The van der Waals surface area contributed by atoms with Gasteiger partial charge in [-0.2, -0.15) is 0 Å². The summed E-state index contributed by atoms with van der Waals surface area (Å²) in [4.78, 5) is 2.96. The number of aromatic nitrogens is 1. The first kappa shape index (κ1) is 10.2. The van der Waals surface area contributed by atoms with Crippen LogP contribution < -0.4 is 4.98 Å². The van der Waals surface area contributed by atoms with Gasteiger partial charge in [-0.15, -0.1) is 0 Å². The van der Waals surface area contributed by atoms with Crippen molar-refractivity contribution in [2.24, 2.45) is 0 Å². The van der Waals surface area contributed by atoms with Gasteiger partial charge in [0, 0.05) is 12.1 Å². The van der Waals surface area contributed by atoms with Gasteiger partial charge in [-0.3, -0.25) is 0 Å². The monoisotopic (exact) mass is 182 g/mol. The van der Waals surface area contributed by atoms with Crippen molar-refractivity contribution < 1.29 is 9.37 Å². The van der Waals surface area contributed by atoms with Crippen LogP contribution in [0.3, 0.4) is 0 Å². The standard InChI is InChI=1S/C11H16FN/c1-9(8-11(2,3)12)10-4-6-13-7-5-10/h4-7,9H,8H2,1-3H3/p+1. The molecule has 1 aromatic heterocycles. The summed E-state index contributed by atoms with van der Waals surface area (Å²) in [7, 11) is 0. The lowest BCUT2D eigenvalue weighted by Gasteiger charge is -2.19. The summed E-state index contributed by atoms with van der Waals surface area (Å²) in [5.74, 6) is 0.273. The van der Waals surface area contributed by atoms with Crippen LogP contribution in [-0.4, -0.2) is 5.67 Å². The Bertz CT molecular complexity index is 251. The molecule has 0 aliphatic carbocycles. The minimum Gasteiger partial charge on any atom is -0.244 e. The van der Waals surface area contributed by atoms with E-state index in [9.17, 15) is 4.39 Å². The first-order chi connectivity index (χ1) is 5.99. The molecule has 72 valence electrons. The number of halogens is 1. The molecule has 0 spiro atoms. The molecule has 1 atom stereocenters. The predicted molar refractivity (Wildman–Crippen MR) is 51.2 cm³/mol. The van der Waals surface area contributed by atoms with Crippen molar-refractivity contribution in [1.82, 2.24) is 0 Å². The summed E-state index contributed by atoms with van der Waals surface area (Å²) in [6, 6.07) is 3.99. The highest BCUT2D eigenvalue weighted by Crippen LogP contribution is 2.26. The molecule has 0 aliphatic rings. The molecule has 2 heteroatoms. The van der Waals surface area contributed by atoms with Crippen LogP contribution in [0.4, 0.5) is 4.39 Å². The molecule has 0 saturated heterocycles. The highest BCUT2D eigenvalue weighted by molar-refractivity contribution is 5.13. The second kappa shape index (κ2) is 3.86. The molecule has 1 heterocycles. The van der Waals surface area contributed by atoms with Crippen molar-refractivity contribution in [3.63, 3.8) is 0 Å². The third-order valence-corrected chi connectivity index (χ3v) is 2.10. The summed E-state index contributed by atoms with van der Waals surface area (Å²) < 4.78 is 13.3. The quantitative estimate of drug-likeness (QED) is 0.682. The lowest BCUT2D eigenvalue weighted by molar-refractivity contribution is -0.378. The fourth-order valence-electron chi connectivity index (χ4n) is 1.57. The molecule has 0 fully saturated rings. The van der Waals surface area contributed by atoms with Crippen LogP contribution in [-0.2, 0) is 0 Å². The second-order valence-corrected chi connectivity index (χ2v) is 4.16. The van der Waals surface area contributed by atoms with E-state index in [0.29, 0.717) is 6.42 Å². The van der Waals surface area contributed by atoms with Gasteiger partial charge in [0.05, 0.1) is 0 Å². The van der Waals surface area contributed by atoms with Crippen LogP contribution in [0.5, 0.6) is 0 Å². The van der Waals surface area contributed by atoms with E-state index in [0.717, 1.165) is 0 Å². The highest BCUT2D eigenvalue weighted by atomic mass is 19.1. The summed E-state index contributed by atoms with van der Waals surface area (Å²) in [6.07, 6.45) is 4.31. The molecule has 0 saturated carbocycles. The van der Waals surface area contributed by atoms with Gasteiger partial charge >= 0.3 is 0 Å². The molecule has 1 nitrogen and oxygen atoms in total. The zero-order chi connectivity index (χ0) is 9.90. The van der Waals surface area contributed by atoms with Gasteiger partial charge < -0.3 is 0 Å². The van der Waals surface area contributed by atoms with E-state index in [2.05, 4.69) is 11.9 Å². The Hall–Kier alpha value is -0.920. The number of hydrogen-bond acceptors (Lipinski definition) is 0. The Morgan fingerprint density at radius 1 is 1.38 bits per heavy atom. The van der Waals surface area contributed by atoms with E-state index in [4.69, 9.17) is 0 Å². The Balaban J connectivity index is 2.64. The number of H-pyrrole nitrogens is 1. The normalized spacial score (nSPS) is 14.2. The van der Waals surface area contributed by atoms with E-state index >= 15 is 0 Å². The first-order valence-corrected chi connectivity index (χ1v) is 4.64. The summed E-state index contributed by atoms with van der Waals surface area (Å²) in [5, 5.41) is 0. The molecular weight excluding hydrogens is 165 g/mol. The highest BCUT2D eigenvalue weighted by Gasteiger charge is 2.20. The van der Waals surface area contributed by atoms with Crippen molar-refractivity contribution in [3.05, 3.63) is 30.1 Å². The number of nitrogens with one attached hydrogen (secondary N) is 1. The molecule has 1 N–H and O–H groups in total. The van der Waals surface area contributed by atoms with E-state index in [1.54, 1.807) is 13.8 Å². The third-order valence-electron chi connectivity index (χ3n) is 2.10. The minimum absolute atomic E-state index is 0.273. The molecule has 1 aromatic rings. The smallest absolute Gasteiger partial charge is 0.167 e. The molecule has 0 aromatic carbocycles. The lowest BCUT2D eigenvalue weighted by atomic mass is 9.91. The van der Waals surface area contributed by atoms with Crippen molar-refractivity contribution in [3.8, 4) is 0 Å². The van der Waals surface area contributed by atoms with Gasteiger partial charge in [0.1, 0.15) is 5.67 Å². The molecule has 0 bridgehead atoms. The van der Waals surface area contributed by atoms with Gasteiger partial charge in [-0.25, -0.2) is 9.37 Å². The lowest BCUT2D eigenvalue weighted by Crippen LogP contribution is -2.15. The van der Waals surface area contributed by atoms with Gasteiger partial charge in [0.15, 0.2) is 12.4 Å². The second-order valence-electron chi connectivity index (χ2n) is 4.16. The van der Waals surface area contributed by atoms with E-state index in [1.165, 1.54) is 5.56 Å². The van der Waals surface area contributed by atoms with E-state index in [1.807, 2.05) is 24.5 Å². The maximum absolute atomic E-state index is 13.3. The molecule has 1 rings (SSSR count). The van der Waals surface area contributed by atoms with Gasteiger partial charge in [0.2, 0.25) is 0 Å². The molecule has 0 aliphatic heterocycles. The topological polar surface area (TPSA) is 14.1 Å². The van der Waals surface area contributed by atoms with Crippen molar-refractivity contribution in [2.75, 3.05) is 0 Å². The minimum atomic E-state index is -1.08. The van der Waals surface area contributed by atoms with Crippen LogP contribution >= 0.6 is 0 Å². The average Bonchev–Trinajstić information content (AvgIpc) is 2.03. The summed E-state index contributed by atoms with van der Waals surface area (Å²) >= 11 is 0. The molecule has 0 amide bonds. The van der Waals surface area contributed by atoms with Crippen LogP contribution in [0.25, 0.3) is 0 Å². The Morgan fingerprint density at radius 3 is 2.38 bits per heavy atom. The van der Waals surface area contributed by atoms with E-state index < -0.39 is 5.67 Å². The van der Waals surface area contributed by atoms with Crippen molar-refractivity contribution in [1.29, 1.82) is 0 Å². The molecular formula is C11H17FN+. The van der Waals surface area contributed by atoms with Gasteiger partial charge in [-0.1, -0.05) is 6.92 Å². The maximum atomic E-state index is 13.3. The van der Waals surface area contributed by atoms with Gasteiger partial charge in [-0.05, 0) is 31.7 Å². The SMILES string of the molecule is CC(CC(C)(C)F)c1cc[nH+]cc1. The molecule has 1 unspecified atom stereocenters. The Morgan fingerprint density at radius 2 is 1.92 bits per heavy atom. The number of rotatable bonds is 3. The number of alkyl halides is 1. The first-order valence-electron chi connectivity index (χ1n) is 4.64. The molecule has 0 radical (unpaired) electrons. The van der Waals surface area contributed by atoms with Crippen molar-refractivity contribution >= 4 is 0 Å². The molecule has 13 heavy (non-hydrogen) atoms. The number of hydrogen-bond donors (Lipinski definition) is 0. The Labute approximate surface area is 79.0 Å². The van der Waals surface area contributed by atoms with Crippen molar-refractivity contribution in [2.45, 2.75) is 38.8 Å². The van der Waals surface area contributed by atoms with Crippen LogP contribution in [0.2, 0.25) is 0 Å². The zero-order valence-corrected chi connectivity index (χ0v) is 8.47. The average molecular weight is 182 g/mol. The largest absolute Gasteiger partial charge is 0.244 e. The van der Waals surface area contributed by atoms with Gasteiger partial charge in [0.25, 0.3) is 0 Å². The van der Waals surface area contributed by atoms with E-state index in [-0.39, 0.29) is 5.92 Å². The zero-order valence-electron chi connectivity index (χ0n) is 8.47. The Kier molecular flexibility index (Phi) is 3.02. The fraction of sp³-hybridized carbons (Fsp3) is 0.545. The van der Waals surface area contributed by atoms with Crippen LogP contribution in [0.1, 0.15) is 38.7 Å². The van der Waals surface area contributed by atoms with Crippen LogP contribution in [0.15, 0.2) is 24.5 Å². The number of aromatic amines is 1.